The number of carboxylic acid groups (broad SMARTS) is 1. The van der Waals surface area contributed by atoms with Gasteiger partial charge in [-0.25, -0.2) is 9.48 Å². The molecule has 0 saturated heterocycles. The molecule has 0 spiro atoms. The minimum Gasteiger partial charge on any atom is -0.480 e. The van der Waals surface area contributed by atoms with Gasteiger partial charge >= 0.3 is 5.97 Å². The van der Waals surface area contributed by atoms with E-state index in [1.165, 1.54) is 36.8 Å². The van der Waals surface area contributed by atoms with E-state index < -0.39 is 12.0 Å². The van der Waals surface area contributed by atoms with Gasteiger partial charge in [0, 0.05) is 6.42 Å². The van der Waals surface area contributed by atoms with E-state index in [0.717, 1.165) is 31.0 Å². The number of nitrogens with zero attached hydrogens (tertiary/aromatic N) is 4. The molecule has 2 rings (SSSR count). The van der Waals surface area contributed by atoms with E-state index in [0.29, 0.717) is 6.42 Å². The van der Waals surface area contributed by atoms with Crippen LogP contribution in [0.25, 0.3) is 0 Å². The lowest BCUT2D eigenvalue weighted by atomic mass is 9.86. The molecule has 1 atom stereocenters. The molecule has 1 saturated carbocycles. The van der Waals surface area contributed by atoms with Crippen LogP contribution in [0.3, 0.4) is 0 Å². The van der Waals surface area contributed by atoms with Gasteiger partial charge in [-0.15, -0.1) is 5.10 Å². The van der Waals surface area contributed by atoms with Gasteiger partial charge in [-0.2, -0.15) is 0 Å². The molecule has 0 aromatic carbocycles. The van der Waals surface area contributed by atoms with Crippen LogP contribution in [0.5, 0.6) is 0 Å². The Hall–Kier alpha value is -1.46. The first-order valence-electron chi connectivity index (χ1n) is 7.72. The molecule has 6 heteroatoms. The smallest absolute Gasteiger partial charge is 0.328 e. The third-order valence-electron chi connectivity index (χ3n) is 4.20. The standard InChI is InChI=1S/C14H24N4O2/c1-2-6-12(14(19)20)18-13(15-16-17-18)10-9-11-7-4-3-5-8-11/h11-12H,2-10H2,1H3,(H,19,20). The highest BCUT2D eigenvalue weighted by Gasteiger charge is 2.24. The summed E-state index contributed by atoms with van der Waals surface area (Å²) in [7, 11) is 0. The number of aliphatic carboxylic acids is 1. The van der Waals surface area contributed by atoms with Crippen LogP contribution in [0.2, 0.25) is 0 Å². The molecule has 0 amide bonds. The van der Waals surface area contributed by atoms with Crippen LogP contribution in [0.4, 0.5) is 0 Å². The molecular weight excluding hydrogens is 256 g/mol. The molecule has 0 radical (unpaired) electrons. The van der Waals surface area contributed by atoms with Crippen molar-refractivity contribution >= 4 is 5.97 Å². The molecule has 1 heterocycles. The fourth-order valence-corrected chi connectivity index (χ4v) is 3.05. The van der Waals surface area contributed by atoms with Crippen molar-refractivity contribution in [2.45, 2.75) is 70.8 Å². The van der Waals surface area contributed by atoms with Crippen LogP contribution in [0, 0.1) is 5.92 Å². The van der Waals surface area contributed by atoms with E-state index in [1.54, 1.807) is 0 Å². The molecule has 112 valence electrons. The molecule has 1 aliphatic rings. The van der Waals surface area contributed by atoms with E-state index in [1.807, 2.05) is 6.92 Å². The van der Waals surface area contributed by atoms with Gasteiger partial charge in [0.15, 0.2) is 11.9 Å². The largest absolute Gasteiger partial charge is 0.480 e. The first-order chi connectivity index (χ1) is 9.72. The zero-order valence-corrected chi connectivity index (χ0v) is 12.2. The molecule has 1 unspecified atom stereocenters. The minimum absolute atomic E-state index is 0.566. The monoisotopic (exact) mass is 280 g/mol. The van der Waals surface area contributed by atoms with Crippen LogP contribution in [0.15, 0.2) is 0 Å². The maximum Gasteiger partial charge on any atom is 0.328 e. The highest BCUT2D eigenvalue weighted by molar-refractivity contribution is 5.71. The van der Waals surface area contributed by atoms with Crippen molar-refractivity contribution in [3.05, 3.63) is 5.82 Å². The first-order valence-corrected chi connectivity index (χ1v) is 7.72. The van der Waals surface area contributed by atoms with Crippen molar-refractivity contribution in [2.24, 2.45) is 5.92 Å². The minimum atomic E-state index is -0.849. The highest BCUT2D eigenvalue weighted by Crippen LogP contribution is 2.27. The number of hydrogen-bond acceptors (Lipinski definition) is 4. The number of tetrazole rings is 1. The summed E-state index contributed by atoms with van der Waals surface area (Å²) in [6.45, 7) is 1.97. The maximum atomic E-state index is 11.3. The number of rotatable bonds is 7. The van der Waals surface area contributed by atoms with Crippen LogP contribution in [-0.4, -0.2) is 31.3 Å². The summed E-state index contributed by atoms with van der Waals surface area (Å²) in [6.07, 6.45) is 9.80. The fourth-order valence-electron chi connectivity index (χ4n) is 3.05. The third-order valence-corrected chi connectivity index (χ3v) is 4.20. The van der Waals surface area contributed by atoms with Crippen molar-refractivity contribution in [1.29, 1.82) is 0 Å². The lowest BCUT2D eigenvalue weighted by Gasteiger charge is -2.21. The van der Waals surface area contributed by atoms with Gasteiger partial charge in [-0.05, 0) is 29.2 Å². The van der Waals surface area contributed by atoms with Crippen LogP contribution in [0.1, 0.15) is 70.2 Å². The third kappa shape index (κ3) is 3.77. The van der Waals surface area contributed by atoms with E-state index in [-0.39, 0.29) is 0 Å². The average Bonchev–Trinajstić information content (AvgIpc) is 2.91. The van der Waals surface area contributed by atoms with Gasteiger partial charge < -0.3 is 5.11 Å². The molecule has 20 heavy (non-hydrogen) atoms. The number of aromatic nitrogens is 4. The zero-order valence-electron chi connectivity index (χ0n) is 12.2. The van der Waals surface area contributed by atoms with Crippen molar-refractivity contribution in [3.63, 3.8) is 0 Å². The summed E-state index contributed by atoms with van der Waals surface area (Å²) in [4.78, 5) is 11.3. The highest BCUT2D eigenvalue weighted by atomic mass is 16.4. The fraction of sp³-hybridized carbons (Fsp3) is 0.857. The summed E-state index contributed by atoms with van der Waals surface area (Å²) >= 11 is 0. The second-order valence-corrected chi connectivity index (χ2v) is 5.73. The molecule has 1 aromatic rings. The quantitative estimate of drug-likeness (QED) is 0.830. The lowest BCUT2D eigenvalue weighted by molar-refractivity contribution is -0.141. The number of hydrogen-bond donors (Lipinski definition) is 1. The molecule has 1 fully saturated rings. The van der Waals surface area contributed by atoms with Gasteiger partial charge in [-0.1, -0.05) is 45.4 Å². The molecular formula is C14H24N4O2. The Kier molecular flexibility index (Phi) is 5.49. The number of carboxylic acids is 1. The van der Waals surface area contributed by atoms with Gasteiger partial charge in [-0.3, -0.25) is 0 Å². The van der Waals surface area contributed by atoms with Gasteiger partial charge in [0.05, 0.1) is 0 Å². The van der Waals surface area contributed by atoms with E-state index in [2.05, 4.69) is 15.5 Å². The average molecular weight is 280 g/mol. The number of aryl methyl sites for hydroxylation is 1. The molecule has 1 aliphatic carbocycles. The lowest BCUT2D eigenvalue weighted by Crippen LogP contribution is -2.22. The van der Waals surface area contributed by atoms with Crippen LogP contribution < -0.4 is 0 Å². The molecule has 6 nitrogen and oxygen atoms in total. The Morgan fingerprint density at radius 1 is 1.40 bits per heavy atom. The van der Waals surface area contributed by atoms with Crippen LogP contribution >= 0.6 is 0 Å². The zero-order chi connectivity index (χ0) is 14.4. The van der Waals surface area contributed by atoms with Crippen molar-refractivity contribution < 1.29 is 9.90 Å². The Morgan fingerprint density at radius 3 is 2.80 bits per heavy atom. The van der Waals surface area contributed by atoms with Crippen molar-refractivity contribution in [2.75, 3.05) is 0 Å². The van der Waals surface area contributed by atoms with Gasteiger partial charge in [0.2, 0.25) is 0 Å². The van der Waals surface area contributed by atoms with Gasteiger partial charge in [0.25, 0.3) is 0 Å². The molecule has 1 aromatic heterocycles. The molecule has 0 bridgehead atoms. The SMILES string of the molecule is CCCC(C(=O)O)n1nnnc1CCC1CCCCC1. The van der Waals surface area contributed by atoms with Crippen molar-refractivity contribution in [1.82, 2.24) is 20.2 Å². The van der Waals surface area contributed by atoms with E-state index in [4.69, 9.17) is 0 Å². The summed E-state index contributed by atoms with van der Waals surface area (Å²) < 4.78 is 1.51. The Labute approximate surface area is 119 Å². The van der Waals surface area contributed by atoms with Gasteiger partial charge in [0.1, 0.15) is 0 Å². The summed E-state index contributed by atoms with van der Waals surface area (Å²) in [6, 6.07) is -0.628. The van der Waals surface area contributed by atoms with Crippen molar-refractivity contribution in [3.8, 4) is 0 Å². The topological polar surface area (TPSA) is 80.9 Å². The summed E-state index contributed by atoms with van der Waals surface area (Å²) in [5.41, 5.74) is 0. The maximum absolute atomic E-state index is 11.3. The Bertz CT molecular complexity index is 427. The number of carbonyl (C=O) groups is 1. The molecule has 0 aliphatic heterocycles. The van der Waals surface area contributed by atoms with E-state index >= 15 is 0 Å². The van der Waals surface area contributed by atoms with E-state index in [9.17, 15) is 9.90 Å². The summed E-state index contributed by atoms with van der Waals surface area (Å²) in [5, 5.41) is 20.9. The summed E-state index contributed by atoms with van der Waals surface area (Å²) in [5.74, 6) is 0.623. The Balaban J connectivity index is 1.97. The second-order valence-electron chi connectivity index (χ2n) is 5.73. The second kappa shape index (κ2) is 7.36. The Morgan fingerprint density at radius 2 is 2.15 bits per heavy atom. The molecule has 1 N–H and O–H groups in total. The predicted molar refractivity (Wildman–Crippen MR) is 74.3 cm³/mol. The predicted octanol–water partition coefficient (Wildman–Crippen LogP) is 2.61. The first kappa shape index (κ1) is 14.9. The normalized spacial score (nSPS) is 18.1. The van der Waals surface area contributed by atoms with Crippen LogP contribution in [-0.2, 0) is 11.2 Å².